The Morgan fingerprint density at radius 2 is 1.86 bits per heavy atom. The summed E-state index contributed by atoms with van der Waals surface area (Å²) >= 11 is 0. The van der Waals surface area contributed by atoms with E-state index < -0.39 is 0 Å². The molecule has 28 heavy (non-hydrogen) atoms. The van der Waals surface area contributed by atoms with Crippen molar-refractivity contribution < 1.29 is 19.3 Å². The predicted octanol–water partition coefficient (Wildman–Crippen LogP) is 3.53. The fourth-order valence-corrected chi connectivity index (χ4v) is 4.31. The van der Waals surface area contributed by atoms with Crippen LogP contribution in [0.15, 0.2) is 42.5 Å². The lowest BCUT2D eigenvalue weighted by atomic mass is 9.75. The molecule has 0 spiro atoms. The molecule has 5 nitrogen and oxygen atoms in total. The number of para-hydroxylation sites is 1. The van der Waals surface area contributed by atoms with Crippen LogP contribution in [-0.4, -0.2) is 51.0 Å². The molecule has 0 unspecified atom stereocenters. The molecule has 0 saturated carbocycles. The zero-order valence-electron chi connectivity index (χ0n) is 17.1. The van der Waals surface area contributed by atoms with Crippen LogP contribution in [0.4, 0.5) is 0 Å². The molecule has 2 aromatic carbocycles. The van der Waals surface area contributed by atoms with Crippen LogP contribution in [0.25, 0.3) is 0 Å². The van der Waals surface area contributed by atoms with Crippen LogP contribution < -0.4 is 14.2 Å². The second-order valence-electron chi connectivity index (χ2n) is 7.65. The summed E-state index contributed by atoms with van der Waals surface area (Å²) in [5, 5.41) is 10.3. The maximum absolute atomic E-state index is 10.3. The topological polar surface area (TPSA) is 51.2 Å². The van der Waals surface area contributed by atoms with E-state index in [1.807, 2.05) is 24.3 Å². The highest BCUT2D eigenvalue weighted by molar-refractivity contribution is 5.46. The molecule has 0 bridgehead atoms. The van der Waals surface area contributed by atoms with Gasteiger partial charge in [0.15, 0.2) is 11.5 Å². The van der Waals surface area contributed by atoms with Gasteiger partial charge in [-0.1, -0.05) is 24.3 Å². The van der Waals surface area contributed by atoms with E-state index in [1.165, 1.54) is 5.56 Å². The van der Waals surface area contributed by atoms with Gasteiger partial charge in [0.05, 0.1) is 27.9 Å². The third-order valence-electron chi connectivity index (χ3n) is 5.67. The molecule has 1 saturated heterocycles. The van der Waals surface area contributed by atoms with Gasteiger partial charge >= 0.3 is 0 Å². The molecule has 0 radical (unpaired) electrons. The summed E-state index contributed by atoms with van der Waals surface area (Å²) in [6.07, 6.45) is 2.93. The molecule has 1 aliphatic rings. The van der Waals surface area contributed by atoms with Gasteiger partial charge in [0, 0.05) is 24.1 Å². The highest BCUT2D eigenvalue weighted by Gasteiger charge is 2.35. The summed E-state index contributed by atoms with van der Waals surface area (Å²) in [6.45, 7) is 2.82. The van der Waals surface area contributed by atoms with Crippen LogP contribution >= 0.6 is 0 Å². The quantitative estimate of drug-likeness (QED) is 0.753. The van der Waals surface area contributed by atoms with Crippen LogP contribution in [0.5, 0.6) is 17.2 Å². The molecular weight excluding hydrogens is 354 g/mol. The summed E-state index contributed by atoms with van der Waals surface area (Å²) in [5.74, 6) is 2.40. The number of piperidine rings is 1. The number of rotatable bonds is 8. The van der Waals surface area contributed by atoms with Gasteiger partial charge in [-0.05, 0) is 49.6 Å². The van der Waals surface area contributed by atoms with Crippen molar-refractivity contribution in [3.8, 4) is 17.2 Å². The van der Waals surface area contributed by atoms with E-state index in [-0.39, 0.29) is 12.0 Å². The molecule has 1 atom stereocenters. The van der Waals surface area contributed by atoms with Crippen molar-refractivity contribution in [2.24, 2.45) is 5.41 Å². The normalized spacial score (nSPS) is 20.0. The maximum Gasteiger partial charge on any atom is 0.165 e. The SMILES string of the molecule is COc1cccc(C[C@]2(CO)CCCN(Cc3cccc(OC)c3OC)C2)c1. The van der Waals surface area contributed by atoms with Crippen molar-refractivity contribution in [1.82, 2.24) is 4.90 Å². The van der Waals surface area contributed by atoms with Gasteiger partial charge in [-0.25, -0.2) is 0 Å². The fraction of sp³-hybridized carbons (Fsp3) is 0.478. The van der Waals surface area contributed by atoms with Crippen molar-refractivity contribution in [3.05, 3.63) is 53.6 Å². The van der Waals surface area contributed by atoms with Gasteiger partial charge in [-0.3, -0.25) is 4.90 Å². The average Bonchev–Trinajstić information content (AvgIpc) is 2.73. The van der Waals surface area contributed by atoms with E-state index in [4.69, 9.17) is 14.2 Å². The first-order chi connectivity index (χ1) is 13.6. The first-order valence-corrected chi connectivity index (χ1v) is 9.79. The first-order valence-electron chi connectivity index (χ1n) is 9.79. The molecule has 0 aromatic heterocycles. The summed E-state index contributed by atoms with van der Waals surface area (Å²) in [4.78, 5) is 2.41. The lowest BCUT2D eigenvalue weighted by Crippen LogP contribution is -2.46. The molecule has 1 N–H and O–H groups in total. The number of methoxy groups -OCH3 is 3. The van der Waals surface area contributed by atoms with E-state index >= 15 is 0 Å². The Labute approximate surface area is 167 Å². The molecular formula is C23H31NO4. The minimum Gasteiger partial charge on any atom is -0.497 e. The van der Waals surface area contributed by atoms with Crippen LogP contribution in [0.2, 0.25) is 0 Å². The largest absolute Gasteiger partial charge is 0.497 e. The second kappa shape index (κ2) is 9.30. The smallest absolute Gasteiger partial charge is 0.165 e. The van der Waals surface area contributed by atoms with E-state index in [0.717, 1.165) is 61.7 Å². The predicted molar refractivity (Wildman–Crippen MR) is 110 cm³/mol. The zero-order chi connectivity index (χ0) is 20.0. The Bertz CT molecular complexity index is 779. The lowest BCUT2D eigenvalue weighted by molar-refractivity contribution is 0.0285. The highest BCUT2D eigenvalue weighted by atomic mass is 16.5. The van der Waals surface area contributed by atoms with E-state index in [2.05, 4.69) is 23.1 Å². The third-order valence-corrected chi connectivity index (χ3v) is 5.67. The molecule has 1 heterocycles. The van der Waals surface area contributed by atoms with Crippen LogP contribution in [0.3, 0.4) is 0 Å². The van der Waals surface area contributed by atoms with Crippen molar-refractivity contribution in [1.29, 1.82) is 0 Å². The summed E-state index contributed by atoms with van der Waals surface area (Å²) in [5.41, 5.74) is 2.17. The van der Waals surface area contributed by atoms with Gasteiger partial charge in [0.2, 0.25) is 0 Å². The Morgan fingerprint density at radius 3 is 2.57 bits per heavy atom. The lowest BCUT2D eigenvalue weighted by Gasteiger charge is -2.42. The van der Waals surface area contributed by atoms with E-state index in [9.17, 15) is 5.11 Å². The third kappa shape index (κ3) is 4.59. The number of nitrogens with zero attached hydrogens (tertiary/aromatic N) is 1. The molecule has 3 rings (SSSR count). The molecule has 152 valence electrons. The minimum absolute atomic E-state index is 0.142. The van der Waals surface area contributed by atoms with Gasteiger partial charge in [0.25, 0.3) is 0 Å². The van der Waals surface area contributed by atoms with Gasteiger partial charge in [-0.15, -0.1) is 0 Å². The number of likely N-dealkylation sites (tertiary alicyclic amines) is 1. The minimum atomic E-state index is -0.142. The Hall–Kier alpha value is -2.24. The monoisotopic (exact) mass is 385 g/mol. The highest BCUT2D eigenvalue weighted by Crippen LogP contribution is 2.37. The number of ether oxygens (including phenoxy) is 3. The Kier molecular flexibility index (Phi) is 6.81. The Balaban J connectivity index is 1.76. The van der Waals surface area contributed by atoms with Crippen LogP contribution in [0.1, 0.15) is 24.0 Å². The molecule has 2 aromatic rings. The summed E-state index contributed by atoms with van der Waals surface area (Å²) in [6, 6.07) is 14.2. The maximum atomic E-state index is 10.3. The average molecular weight is 386 g/mol. The van der Waals surface area contributed by atoms with Crippen LogP contribution in [-0.2, 0) is 13.0 Å². The van der Waals surface area contributed by atoms with E-state index in [0.29, 0.717) is 0 Å². The first kappa shape index (κ1) is 20.5. The summed E-state index contributed by atoms with van der Waals surface area (Å²) < 4.78 is 16.4. The van der Waals surface area contributed by atoms with Crippen molar-refractivity contribution in [3.63, 3.8) is 0 Å². The van der Waals surface area contributed by atoms with Gasteiger partial charge < -0.3 is 19.3 Å². The molecule has 5 heteroatoms. The standard InChI is InChI=1S/C23H31NO4/c1-26-20-9-4-7-18(13-20)14-23(17-25)11-6-12-24(16-23)15-19-8-5-10-21(27-2)22(19)28-3/h4-5,7-10,13,25H,6,11-12,14-17H2,1-3H3/t23-/m1/s1. The fourth-order valence-electron chi connectivity index (χ4n) is 4.31. The van der Waals surface area contributed by atoms with Gasteiger partial charge in [-0.2, -0.15) is 0 Å². The zero-order valence-corrected chi connectivity index (χ0v) is 17.1. The van der Waals surface area contributed by atoms with Crippen molar-refractivity contribution >= 4 is 0 Å². The van der Waals surface area contributed by atoms with Gasteiger partial charge in [0.1, 0.15) is 5.75 Å². The number of hydrogen-bond acceptors (Lipinski definition) is 5. The number of hydrogen-bond donors (Lipinski definition) is 1. The number of benzene rings is 2. The van der Waals surface area contributed by atoms with Crippen molar-refractivity contribution in [2.45, 2.75) is 25.8 Å². The molecule has 0 amide bonds. The Morgan fingerprint density at radius 1 is 1.04 bits per heavy atom. The summed E-state index contributed by atoms with van der Waals surface area (Å²) in [7, 11) is 5.02. The number of aliphatic hydroxyl groups excluding tert-OH is 1. The van der Waals surface area contributed by atoms with E-state index in [1.54, 1.807) is 21.3 Å². The molecule has 1 aliphatic heterocycles. The number of aliphatic hydroxyl groups is 1. The molecule has 0 aliphatic carbocycles. The van der Waals surface area contributed by atoms with Crippen LogP contribution in [0, 0.1) is 5.41 Å². The van der Waals surface area contributed by atoms with Crippen molar-refractivity contribution in [2.75, 3.05) is 41.0 Å². The molecule has 1 fully saturated rings. The second-order valence-corrected chi connectivity index (χ2v) is 7.65.